The standard InChI is InChI=1S/C33H39N7O8/c34-30(43)24-7-4-16-35-31(44)25(18-22-10-12-23(13-11-22)40(47)48)38-33(46)27(17-20-5-2-1-3-6-20)39-32(45)26(19-21-8-9-21)37-29(42)15-14-28(41)36-24/h1-3,5-6,10-15,21,24-27H,4,7-9,16-19H2,(H2,34,43)(H,35,44)(H,36,41)(H,37,42)(H,38,46)(H,39,45)/b15-14+/t24-,25-,26-,27-/m0/s1. The third kappa shape index (κ3) is 11.0. The number of nitrogens with one attached hydrogen (secondary N) is 5. The molecule has 0 spiro atoms. The third-order valence-corrected chi connectivity index (χ3v) is 8.05. The summed E-state index contributed by atoms with van der Waals surface area (Å²) in [5.74, 6) is -3.94. The van der Waals surface area contributed by atoms with E-state index in [9.17, 15) is 38.9 Å². The molecule has 0 aromatic heterocycles. The smallest absolute Gasteiger partial charge is 0.269 e. The van der Waals surface area contributed by atoms with Crippen molar-refractivity contribution in [2.75, 3.05) is 6.54 Å². The van der Waals surface area contributed by atoms with Crippen molar-refractivity contribution in [1.82, 2.24) is 26.6 Å². The van der Waals surface area contributed by atoms with Crippen molar-refractivity contribution in [2.45, 2.75) is 69.1 Å². The summed E-state index contributed by atoms with van der Waals surface area (Å²) in [5.41, 5.74) is 6.57. The molecule has 1 fully saturated rings. The van der Waals surface area contributed by atoms with Gasteiger partial charge in [0, 0.05) is 43.7 Å². The van der Waals surface area contributed by atoms with E-state index in [1.807, 2.05) is 0 Å². The van der Waals surface area contributed by atoms with Gasteiger partial charge in [0.05, 0.1) is 4.92 Å². The van der Waals surface area contributed by atoms with Gasteiger partial charge in [-0.2, -0.15) is 0 Å². The lowest BCUT2D eigenvalue weighted by Crippen LogP contribution is -2.57. The highest BCUT2D eigenvalue weighted by atomic mass is 16.6. The van der Waals surface area contributed by atoms with Crippen LogP contribution in [0.3, 0.4) is 0 Å². The summed E-state index contributed by atoms with van der Waals surface area (Å²) in [4.78, 5) is 88.8. The minimum Gasteiger partial charge on any atom is -0.368 e. The Morgan fingerprint density at radius 1 is 0.729 bits per heavy atom. The number of nitrogens with zero attached hydrogens (tertiary/aromatic N) is 1. The fourth-order valence-electron chi connectivity index (χ4n) is 5.24. The van der Waals surface area contributed by atoms with Gasteiger partial charge in [0.25, 0.3) is 5.69 Å². The lowest BCUT2D eigenvalue weighted by Gasteiger charge is -2.25. The Hall–Kier alpha value is -5.60. The van der Waals surface area contributed by atoms with Crippen LogP contribution >= 0.6 is 0 Å². The number of amides is 6. The Labute approximate surface area is 276 Å². The van der Waals surface area contributed by atoms with Gasteiger partial charge >= 0.3 is 0 Å². The first kappa shape index (κ1) is 35.3. The fraction of sp³-hybridized carbons (Fsp3) is 0.394. The van der Waals surface area contributed by atoms with Crippen LogP contribution in [0.25, 0.3) is 0 Å². The molecule has 15 heteroatoms. The number of nitro groups is 1. The Morgan fingerprint density at radius 3 is 1.88 bits per heavy atom. The number of hydrogen-bond donors (Lipinski definition) is 6. The van der Waals surface area contributed by atoms with Crippen LogP contribution in [-0.4, -0.2) is 71.1 Å². The molecule has 1 heterocycles. The normalized spacial score (nSPS) is 23.9. The number of nitrogens with two attached hydrogens (primary N) is 1. The number of benzene rings is 2. The lowest BCUT2D eigenvalue weighted by atomic mass is 10.0. The minimum absolute atomic E-state index is 0.0342. The number of nitro benzene ring substituents is 1. The molecule has 4 rings (SSSR count). The van der Waals surface area contributed by atoms with Crippen molar-refractivity contribution >= 4 is 41.1 Å². The third-order valence-electron chi connectivity index (χ3n) is 8.05. The molecule has 4 atom stereocenters. The molecule has 0 bridgehead atoms. The Balaban J connectivity index is 1.64. The molecule has 0 radical (unpaired) electrons. The lowest BCUT2D eigenvalue weighted by molar-refractivity contribution is -0.384. The van der Waals surface area contributed by atoms with Crippen molar-refractivity contribution < 1.29 is 33.7 Å². The summed E-state index contributed by atoms with van der Waals surface area (Å²) in [6, 6.07) is 10.1. The Bertz CT molecular complexity index is 1540. The van der Waals surface area contributed by atoms with Crippen molar-refractivity contribution in [3.05, 3.63) is 88.0 Å². The molecule has 7 N–H and O–H groups in total. The quantitative estimate of drug-likeness (QED) is 0.167. The molecule has 2 aromatic carbocycles. The summed E-state index contributed by atoms with van der Waals surface area (Å²) < 4.78 is 0. The second-order valence-electron chi connectivity index (χ2n) is 11.9. The predicted molar refractivity (Wildman–Crippen MR) is 173 cm³/mol. The number of rotatable bonds is 8. The van der Waals surface area contributed by atoms with Gasteiger partial charge in [0.15, 0.2) is 0 Å². The summed E-state index contributed by atoms with van der Waals surface area (Å²) in [6.45, 7) is 0.0520. The highest BCUT2D eigenvalue weighted by molar-refractivity contribution is 6.00. The zero-order chi connectivity index (χ0) is 34.6. The first-order chi connectivity index (χ1) is 23.0. The van der Waals surface area contributed by atoms with Crippen molar-refractivity contribution in [2.24, 2.45) is 11.7 Å². The van der Waals surface area contributed by atoms with Crippen LogP contribution in [0, 0.1) is 16.0 Å². The highest BCUT2D eigenvalue weighted by Gasteiger charge is 2.33. The van der Waals surface area contributed by atoms with Crippen molar-refractivity contribution in [1.29, 1.82) is 0 Å². The number of hydrogen-bond acceptors (Lipinski definition) is 8. The second kappa shape index (κ2) is 16.8. The average molecular weight is 662 g/mol. The van der Waals surface area contributed by atoms with E-state index in [0.29, 0.717) is 12.0 Å². The van der Waals surface area contributed by atoms with Crippen LogP contribution in [0.2, 0.25) is 0 Å². The topological polar surface area (TPSA) is 232 Å². The number of carbonyl (C=O) groups is 6. The molecule has 1 aliphatic heterocycles. The highest BCUT2D eigenvalue weighted by Crippen LogP contribution is 2.33. The first-order valence-electron chi connectivity index (χ1n) is 15.7. The summed E-state index contributed by atoms with van der Waals surface area (Å²) >= 11 is 0. The van der Waals surface area contributed by atoms with Crippen molar-refractivity contribution in [3.63, 3.8) is 0 Å². The van der Waals surface area contributed by atoms with Gasteiger partial charge < -0.3 is 32.3 Å². The molecule has 0 saturated heterocycles. The SMILES string of the molecule is NC(=O)[C@@H]1CCCNC(=O)[C@H](Cc2ccc([N+](=O)[O-])cc2)NC(=O)[C@H](Cc2ccccc2)NC(=O)[C@H](CC2CC2)NC(=O)/C=C/C(=O)N1. The molecule has 15 nitrogen and oxygen atoms in total. The van der Waals surface area contributed by atoms with Gasteiger partial charge in [-0.1, -0.05) is 55.3 Å². The predicted octanol–water partition coefficient (Wildman–Crippen LogP) is 0.0708. The number of non-ortho nitro benzene ring substituents is 1. The van der Waals surface area contributed by atoms with E-state index in [4.69, 9.17) is 5.73 Å². The zero-order valence-corrected chi connectivity index (χ0v) is 26.2. The summed E-state index contributed by atoms with van der Waals surface area (Å²) in [6.07, 6.45) is 4.27. The monoisotopic (exact) mass is 661 g/mol. The average Bonchev–Trinajstić information content (AvgIpc) is 3.88. The molecule has 1 aliphatic carbocycles. The van der Waals surface area contributed by atoms with E-state index in [-0.39, 0.29) is 43.8 Å². The maximum Gasteiger partial charge on any atom is 0.269 e. The van der Waals surface area contributed by atoms with Gasteiger partial charge in [0.1, 0.15) is 24.2 Å². The molecule has 2 aromatic rings. The van der Waals surface area contributed by atoms with Gasteiger partial charge in [-0.3, -0.25) is 38.9 Å². The number of carbonyl (C=O) groups excluding carboxylic acids is 6. The van der Waals surface area contributed by atoms with E-state index in [2.05, 4.69) is 26.6 Å². The molecular formula is C33H39N7O8. The Kier molecular flexibility index (Phi) is 12.3. The van der Waals surface area contributed by atoms with Gasteiger partial charge in [-0.25, -0.2) is 0 Å². The van der Waals surface area contributed by atoms with Crippen LogP contribution in [0.15, 0.2) is 66.7 Å². The van der Waals surface area contributed by atoms with Crippen molar-refractivity contribution in [3.8, 4) is 0 Å². The maximum absolute atomic E-state index is 13.9. The summed E-state index contributed by atoms with van der Waals surface area (Å²) in [5, 5.41) is 24.4. The summed E-state index contributed by atoms with van der Waals surface area (Å²) in [7, 11) is 0. The number of primary amides is 1. The van der Waals surface area contributed by atoms with E-state index >= 15 is 0 Å². The van der Waals surface area contributed by atoms with Gasteiger partial charge in [-0.15, -0.1) is 0 Å². The molecule has 2 aliphatic rings. The largest absolute Gasteiger partial charge is 0.368 e. The van der Waals surface area contributed by atoms with E-state index < -0.39 is 64.5 Å². The molecule has 1 saturated carbocycles. The maximum atomic E-state index is 13.9. The first-order valence-corrected chi connectivity index (χ1v) is 15.7. The molecule has 254 valence electrons. The second-order valence-corrected chi connectivity index (χ2v) is 11.9. The van der Waals surface area contributed by atoms with E-state index in [0.717, 1.165) is 30.6 Å². The molecule has 0 unspecified atom stereocenters. The zero-order valence-electron chi connectivity index (χ0n) is 26.2. The molecular weight excluding hydrogens is 622 g/mol. The van der Waals surface area contributed by atoms with Crippen LogP contribution in [-0.2, 0) is 41.6 Å². The van der Waals surface area contributed by atoms with Gasteiger partial charge in [0.2, 0.25) is 35.4 Å². The van der Waals surface area contributed by atoms with Crippen LogP contribution < -0.4 is 32.3 Å². The van der Waals surface area contributed by atoms with E-state index in [1.165, 1.54) is 24.3 Å². The van der Waals surface area contributed by atoms with Crippen LogP contribution in [0.5, 0.6) is 0 Å². The van der Waals surface area contributed by atoms with E-state index in [1.54, 1.807) is 30.3 Å². The van der Waals surface area contributed by atoms with Gasteiger partial charge in [-0.05, 0) is 36.3 Å². The molecule has 48 heavy (non-hydrogen) atoms. The molecule has 6 amide bonds. The minimum atomic E-state index is -1.16. The Morgan fingerprint density at radius 2 is 1.29 bits per heavy atom. The van der Waals surface area contributed by atoms with Crippen LogP contribution in [0.1, 0.15) is 43.2 Å². The van der Waals surface area contributed by atoms with Crippen LogP contribution in [0.4, 0.5) is 5.69 Å². The fourth-order valence-corrected chi connectivity index (χ4v) is 5.24.